The third kappa shape index (κ3) is 2.67. The molecule has 0 saturated carbocycles. The zero-order chi connectivity index (χ0) is 14.0. The van der Waals surface area contributed by atoms with Crippen molar-refractivity contribution in [2.45, 2.75) is 19.9 Å². The summed E-state index contributed by atoms with van der Waals surface area (Å²) in [6, 6.07) is 1.86. The molecule has 1 aromatic heterocycles. The molecule has 1 fully saturated rings. The molecular formula is C13H17N3O3. The average molecular weight is 263 g/mol. The third-order valence-electron chi connectivity index (χ3n) is 3.38. The SMILES string of the molecule is Cc1cc(C=O)cnc1N1CCN(C(=O)O)C[C@@H]1C. The molecule has 1 aliphatic heterocycles. The summed E-state index contributed by atoms with van der Waals surface area (Å²) in [6.07, 6.45) is 1.44. The van der Waals surface area contributed by atoms with Crippen LogP contribution in [0.5, 0.6) is 0 Å². The number of piperazine rings is 1. The van der Waals surface area contributed by atoms with Crippen molar-refractivity contribution in [2.75, 3.05) is 24.5 Å². The Morgan fingerprint density at radius 1 is 1.53 bits per heavy atom. The molecule has 6 nitrogen and oxygen atoms in total. The first-order chi connectivity index (χ1) is 9.02. The summed E-state index contributed by atoms with van der Waals surface area (Å²) in [5.74, 6) is 0.822. The lowest BCUT2D eigenvalue weighted by molar-refractivity contribution is 0.112. The predicted molar refractivity (Wildman–Crippen MR) is 70.8 cm³/mol. The number of aromatic nitrogens is 1. The van der Waals surface area contributed by atoms with Gasteiger partial charge in [0.05, 0.1) is 0 Å². The average Bonchev–Trinajstić information content (AvgIpc) is 2.39. The highest BCUT2D eigenvalue weighted by Gasteiger charge is 2.27. The molecule has 0 radical (unpaired) electrons. The Kier molecular flexibility index (Phi) is 3.69. The Balaban J connectivity index is 2.19. The summed E-state index contributed by atoms with van der Waals surface area (Å²) in [5, 5.41) is 8.99. The molecule has 2 rings (SSSR count). The number of amides is 1. The maximum atomic E-state index is 10.9. The summed E-state index contributed by atoms with van der Waals surface area (Å²) in [7, 11) is 0. The molecule has 1 amide bonds. The summed E-state index contributed by atoms with van der Waals surface area (Å²) < 4.78 is 0. The largest absolute Gasteiger partial charge is 0.465 e. The van der Waals surface area contributed by atoms with Crippen LogP contribution < -0.4 is 4.90 Å². The van der Waals surface area contributed by atoms with Crippen LogP contribution in [0.15, 0.2) is 12.3 Å². The van der Waals surface area contributed by atoms with E-state index < -0.39 is 6.09 Å². The van der Waals surface area contributed by atoms with Gasteiger partial charge in [0, 0.05) is 37.4 Å². The number of hydrogen-bond acceptors (Lipinski definition) is 4. The van der Waals surface area contributed by atoms with Crippen molar-refractivity contribution >= 4 is 18.2 Å². The van der Waals surface area contributed by atoms with E-state index in [0.717, 1.165) is 17.7 Å². The van der Waals surface area contributed by atoms with Crippen molar-refractivity contribution in [3.05, 3.63) is 23.4 Å². The standard InChI is InChI=1S/C13H17N3O3/c1-9-5-11(8-17)6-14-12(9)16-4-3-15(13(18)19)7-10(16)2/h5-6,8,10H,3-4,7H2,1-2H3,(H,18,19)/t10-/m0/s1. The van der Waals surface area contributed by atoms with Gasteiger partial charge in [0.15, 0.2) is 6.29 Å². The van der Waals surface area contributed by atoms with Gasteiger partial charge in [0.1, 0.15) is 5.82 Å². The second-order valence-corrected chi connectivity index (χ2v) is 4.80. The minimum absolute atomic E-state index is 0.0677. The lowest BCUT2D eigenvalue weighted by atomic mass is 10.1. The normalized spacial score (nSPS) is 19.4. The molecule has 1 atom stereocenters. The van der Waals surface area contributed by atoms with E-state index in [1.54, 1.807) is 12.3 Å². The van der Waals surface area contributed by atoms with Crippen molar-refractivity contribution in [1.29, 1.82) is 0 Å². The first kappa shape index (κ1) is 13.3. The van der Waals surface area contributed by atoms with Crippen LogP contribution in [0.4, 0.5) is 10.6 Å². The quantitative estimate of drug-likeness (QED) is 0.816. The first-order valence-electron chi connectivity index (χ1n) is 6.19. The van der Waals surface area contributed by atoms with Gasteiger partial charge in [0.25, 0.3) is 0 Å². The van der Waals surface area contributed by atoms with Crippen LogP contribution in [0.2, 0.25) is 0 Å². The van der Waals surface area contributed by atoms with Gasteiger partial charge in [-0.25, -0.2) is 9.78 Å². The van der Waals surface area contributed by atoms with E-state index in [0.29, 0.717) is 25.2 Å². The fourth-order valence-electron chi connectivity index (χ4n) is 2.40. The molecule has 6 heteroatoms. The Morgan fingerprint density at radius 2 is 2.26 bits per heavy atom. The van der Waals surface area contributed by atoms with Gasteiger partial charge in [-0.2, -0.15) is 0 Å². The van der Waals surface area contributed by atoms with Crippen molar-refractivity contribution in [2.24, 2.45) is 0 Å². The summed E-state index contributed by atoms with van der Waals surface area (Å²) >= 11 is 0. The van der Waals surface area contributed by atoms with Crippen LogP contribution in [-0.4, -0.2) is 53.0 Å². The van der Waals surface area contributed by atoms with E-state index in [1.165, 1.54) is 4.90 Å². The van der Waals surface area contributed by atoms with Gasteiger partial charge in [-0.1, -0.05) is 0 Å². The lowest BCUT2D eigenvalue weighted by Gasteiger charge is -2.39. The molecule has 0 aliphatic carbocycles. The van der Waals surface area contributed by atoms with Crippen LogP contribution in [0.3, 0.4) is 0 Å². The van der Waals surface area contributed by atoms with Gasteiger partial charge in [-0.05, 0) is 25.5 Å². The van der Waals surface area contributed by atoms with E-state index in [1.807, 2.05) is 13.8 Å². The summed E-state index contributed by atoms with van der Waals surface area (Å²) in [6.45, 7) is 5.43. The lowest BCUT2D eigenvalue weighted by Crippen LogP contribution is -2.53. The molecule has 0 aromatic carbocycles. The number of nitrogens with zero attached hydrogens (tertiary/aromatic N) is 3. The molecule has 1 aliphatic rings. The summed E-state index contributed by atoms with van der Waals surface area (Å²) in [4.78, 5) is 29.5. The van der Waals surface area contributed by atoms with E-state index in [9.17, 15) is 9.59 Å². The van der Waals surface area contributed by atoms with E-state index >= 15 is 0 Å². The predicted octanol–water partition coefficient (Wildman–Crippen LogP) is 1.39. The molecule has 1 saturated heterocycles. The zero-order valence-corrected chi connectivity index (χ0v) is 11.0. The molecular weight excluding hydrogens is 246 g/mol. The van der Waals surface area contributed by atoms with Crippen molar-refractivity contribution in [3.8, 4) is 0 Å². The fraction of sp³-hybridized carbons (Fsp3) is 0.462. The molecule has 19 heavy (non-hydrogen) atoms. The number of carbonyl (C=O) groups is 2. The molecule has 1 aromatic rings. The van der Waals surface area contributed by atoms with Gasteiger partial charge in [0.2, 0.25) is 0 Å². The van der Waals surface area contributed by atoms with Gasteiger partial charge in [-0.3, -0.25) is 4.79 Å². The Hall–Kier alpha value is -2.11. The van der Waals surface area contributed by atoms with Crippen LogP contribution in [0.25, 0.3) is 0 Å². The Labute approximate surface area is 111 Å². The number of hydrogen-bond donors (Lipinski definition) is 1. The van der Waals surface area contributed by atoms with Crippen molar-refractivity contribution in [1.82, 2.24) is 9.88 Å². The molecule has 2 heterocycles. The monoisotopic (exact) mass is 263 g/mol. The molecule has 0 unspecified atom stereocenters. The maximum absolute atomic E-state index is 10.9. The summed E-state index contributed by atoms with van der Waals surface area (Å²) in [5.41, 5.74) is 1.48. The Bertz CT molecular complexity index is 504. The van der Waals surface area contributed by atoms with E-state index in [-0.39, 0.29) is 6.04 Å². The fourth-order valence-corrected chi connectivity index (χ4v) is 2.40. The van der Waals surface area contributed by atoms with Gasteiger partial charge >= 0.3 is 6.09 Å². The van der Waals surface area contributed by atoms with Crippen LogP contribution in [0.1, 0.15) is 22.8 Å². The molecule has 0 spiro atoms. The number of pyridine rings is 1. The van der Waals surface area contributed by atoms with Gasteiger partial charge < -0.3 is 14.9 Å². The van der Waals surface area contributed by atoms with Crippen LogP contribution in [-0.2, 0) is 0 Å². The number of carbonyl (C=O) groups excluding carboxylic acids is 1. The number of anilines is 1. The smallest absolute Gasteiger partial charge is 0.407 e. The van der Waals surface area contributed by atoms with E-state index in [2.05, 4.69) is 9.88 Å². The highest BCUT2D eigenvalue weighted by Crippen LogP contribution is 2.22. The highest BCUT2D eigenvalue weighted by molar-refractivity contribution is 5.75. The molecule has 0 bridgehead atoms. The second kappa shape index (κ2) is 5.26. The second-order valence-electron chi connectivity index (χ2n) is 4.80. The van der Waals surface area contributed by atoms with Crippen LogP contribution >= 0.6 is 0 Å². The van der Waals surface area contributed by atoms with Crippen molar-refractivity contribution in [3.63, 3.8) is 0 Å². The van der Waals surface area contributed by atoms with Crippen LogP contribution in [0, 0.1) is 6.92 Å². The third-order valence-corrected chi connectivity index (χ3v) is 3.38. The minimum atomic E-state index is -0.882. The van der Waals surface area contributed by atoms with Crippen molar-refractivity contribution < 1.29 is 14.7 Å². The number of rotatable bonds is 2. The molecule has 102 valence electrons. The Morgan fingerprint density at radius 3 is 2.79 bits per heavy atom. The highest BCUT2D eigenvalue weighted by atomic mass is 16.4. The zero-order valence-electron chi connectivity index (χ0n) is 11.0. The minimum Gasteiger partial charge on any atom is -0.465 e. The number of carboxylic acid groups (broad SMARTS) is 1. The van der Waals surface area contributed by atoms with E-state index in [4.69, 9.17) is 5.11 Å². The van der Waals surface area contributed by atoms with Gasteiger partial charge in [-0.15, -0.1) is 0 Å². The number of aryl methyl sites for hydroxylation is 1. The maximum Gasteiger partial charge on any atom is 0.407 e. The molecule has 1 N–H and O–H groups in total. The topological polar surface area (TPSA) is 73.7 Å². The number of aldehydes is 1. The first-order valence-corrected chi connectivity index (χ1v) is 6.19.